The molecule has 0 spiro atoms. The van der Waals surface area contributed by atoms with Crippen molar-refractivity contribution in [2.75, 3.05) is 19.7 Å². The summed E-state index contributed by atoms with van der Waals surface area (Å²) in [7, 11) is -3.68. The van der Waals surface area contributed by atoms with Crippen LogP contribution in [0.1, 0.15) is 32.3 Å². The highest BCUT2D eigenvalue weighted by Crippen LogP contribution is 2.30. The molecule has 0 saturated carbocycles. The van der Waals surface area contributed by atoms with Crippen molar-refractivity contribution in [1.82, 2.24) is 14.1 Å². The Balaban J connectivity index is 1.81. The number of ether oxygens (including phenoxy) is 1. The molecule has 0 bridgehead atoms. The summed E-state index contributed by atoms with van der Waals surface area (Å²) in [6.45, 7) is 4.86. The van der Waals surface area contributed by atoms with Gasteiger partial charge >= 0.3 is 5.97 Å². The molecule has 2 aromatic carbocycles. The van der Waals surface area contributed by atoms with E-state index in [9.17, 15) is 18.5 Å². The molecule has 1 saturated heterocycles. The zero-order valence-electron chi connectivity index (χ0n) is 20.3. The van der Waals surface area contributed by atoms with Crippen molar-refractivity contribution in [3.05, 3.63) is 71.9 Å². The lowest BCUT2D eigenvalue weighted by Gasteiger charge is -2.30. The number of hydrogen-bond donors (Lipinski definition) is 0. The van der Waals surface area contributed by atoms with Gasteiger partial charge in [-0.2, -0.15) is 14.7 Å². The van der Waals surface area contributed by atoms with Crippen LogP contribution in [0.3, 0.4) is 0 Å². The molecule has 8 nitrogen and oxygen atoms in total. The van der Waals surface area contributed by atoms with Gasteiger partial charge < -0.3 is 4.74 Å². The van der Waals surface area contributed by atoms with Crippen molar-refractivity contribution in [1.29, 1.82) is 5.26 Å². The molecular weight excluding hydrogens is 476 g/mol. The molecule has 0 aliphatic carbocycles. The number of esters is 1. The number of para-hydroxylation sites is 1. The van der Waals surface area contributed by atoms with Gasteiger partial charge in [0.2, 0.25) is 10.0 Å². The van der Waals surface area contributed by atoms with Crippen LogP contribution in [0, 0.1) is 17.2 Å². The largest absolute Gasteiger partial charge is 0.462 e. The summed E-state index contributed by atoms with van der Waals surface area (Å²) >= 11 is 0. The Bertz CT molecular complexity index is 1420. The average molecular weight is 505 g/mol. The first-order chi connectivity index (χ1) is 17.3. The van der Waals surface area contributed by atoms with Crippen LogP contribution in [-0.2, 0) is 19.6 Å². The zero-order valence-corrected chi connectivity index (χ0v) is 21.1. The van der Waals surface area contributed by atoms with Crippen molar-refractivity contribution in [3.8, 4) is 23.0 Å². The predicted octanol–water partition coefficient (Wildman–Crippen LogP) is 4.43. The average Bonchev–Trinajstić information content (AvgIpc) is 3.32. The van der Waals surface area contributed by atoms with E-state index >= 15 is 0 Å². The molecule has 9 heteroatoms. The first kappa shape index (κ1) is 25.4. The van der Waals surface area contributed by atoms with Crippen LogP contribution in [-0.4, -0.2) is 48.2 Å². The molecule has 1 unspecified atom stereocenters. The number of nitriles is 1. The van der Waals surface area contributed by atoms with E-state index in [1.54, 1.807) is 42.1 Å². The van der Waals surface area contributed by atoms with Gasteiger partial charge in [0.15, 0.2) is 0 Å². The summed E-state index contributed by atoms with van der Waals surface area (Å²) < 4.78 is 35.0. The molecule has 4 rings (SSSR count). The molecule has 0 amide bonds. The van der Waals surface area contributed by atoms with Crippen molar-refractivity contribution in [2.45, 2.75) is 31.6 Å². The van der Waals surface area contributed by atoms with E-state index in [-0.39, 0.29) is 17.1 Å². The van der Waals surface area contributed by atoms with Crippen LogP contribution < -0.4 is 0 Å². The SMILES string of the molecule is CCOC(=O)/C(C#N)=C\c1cn(-c2ccccc2)nc1-c1cccc(S(=O)(=O)N2CCCC(C)C2)c1. The van der Waals surface area contributed by atoms with Crippen molar-refractivity contribution in [3.63, 3.8) is 0 Å². The minimum absolute atomic E-state index is 0.142. The first-order valence-electron chi connectivity index (χ1n) is 11.9. The Hall–Kier alpha value is -3.74. The highest BCUT2D eigenvalue weighted by atomic mass is 32.2. The van der Waals surface area contributed by atoms with Crippen LogP contribution >= 0.6 is 0 Å². The van der Waals surface area contributed by atoms with E-state index in [1.165, 1.54) is 10.4 Å². The number of carbonyl (C=O) groups is 1. The van der Waals surface area contributed by atoms with Gasteiger partial charge in [0.1, 0.15) is 17.3 Å². The molecule has 2 heterocycles. The summed E-state index contributed by atoms with van der Waals surface area (Å²) in [5, 5.41) is 14.2. The van der Waals surface area contributed by atoms with Gasteiger partial charge in [-0.25, -0.2) is 17.9 Å². The lowest BCUT2D eigenvalue weighted by Crippen LogP contribution is -2.39. The standard InChI is InChI=1S/C27H28N4O4S/c1-3-35-27(32)22(17-28)15-23-19-31(24-11-5-4-6-12-24)29-26(23)21-10-7-13-25(16-21)36(33,34)30-14-8-9-20(2)18-30/h4-7,10-13,15-16,19-20H,3,8-9,14,18H2,1-2H3/b22-15-. The molecule has 1 aromatic heterocycles. The fraction of sp³-hybridized carbons (Fsp3) is 0.296. The van der Waals surface area contributed by atoms with Crippen molar-refractivity contribution >= 4 is 22.1 Å². The van der Waals surface area contributed by atoms with Gasteiger partial charge in [0.05, 0.1) is 17.2 Å². The highest BCUT2D eigenvalue weighted by molar-refractivity contribution is 7.89. The molecule has 0 radical (unpaired) electrons. The molecule has 0 N–H and O–H groups in total. The third-order valence-electron chi connectivity index (χ3n) is 6.04. The minimum atomic E-state index is -3.68. The monoisotopic (exact) mass is 504 g/mol. The summed E-state index contributed by atoms with van der Waals surface area (Å²) in [6, 6.07) is 17.9. The van der Waals surface area contributed by atoms with E-state index in [0.29, 0.717) is 35.8 Å². The fourth-order valence-electron chi connectivity index (χ4n) is 4.25. The van der Waals surface area contributed by atoms with Gasteiger partial charge in [0.25, 0.3) is 0 Å². The molecule has 1 atom stereocenters. The second-order valence-electron chi connectivity index (χ2n) is 8.74. The van der Waals surface area contributed by atoms with Crippen LogP contribution in [0.15, 0.2) is 71.3 Å². The fourth-order valence-corrected chi connectivity index (χ4v) is 5.89. The summed E-state index contributed by atoms with van der Waals surface area (Å²) in [4.78, 5) is 12.4. The van der Waals surface area contributed by atoms with Crippen molar-refractivity contribution in [2.24, 2.45) is 5.92 Å². The van der Waals surface area contributed by atoms with E-state index in [0.717, 1.165) is 18.5 Å². The second-order valence-corrected chi connectivity index (χ2v) is 10.7. The van der Waals surface area contributed by atoms with E-state index in [2.05, 4.69) is 6.92 Å². The maximum absolute atomic E-state index is 13.4. The number of carbonyl (C=O) groups excluding carboxylic acids is 1. The highest BCUT2D eigenvalue weighted by Gasteiger charge is 2.29. The summed E-state index contributed by atoms with van der Waals surface area (Å²) in [6.07, 6.45) is 4.98. The number of rotatable bonds is 7. The predicted molar refractivity (Wildman–Crippen MR) is 136 cm³/mol. The number of nitrogens with zero attached hydrogens (tertiary/aromatic N) is 4. The number of piperidine rings is 1. The van der Waals surface area contributed by atoms with Gasteiger partial charge in [0, 0.05) is 30.4 Å². The number of benzene rings is 2. The Morgan fingerprint density at radius 3 is 2.69 bits per heavy atom. The quantitative estimate of drug-likeness (QED) is 0.268. The second kappa shape index (κ2) is 10.9. The lowest BCUT2D eigenvalue weighted by molar-refractivity contribution is -0.137. The minimum Gasteiger partial charge on any atom is -0.462 e. The maximum Gasteiger partial charge on any atom is 0.348 e. The zero-order chi connectivity index (χ0) is 25.7. The Morgan fingerprint density at radius 1 is 1.22 bits per heavy atom. The smallest absolute Gasteiger partial charge is 0.348 e. The van der Waals surface area contributed by atoms with E-state index in [1.807, 2.05) is 36.4 Å². The van der Waals surface area contributed by atoms with Gasteiger partial charge in [-0.3, -0.25) is 0 Å². The lowest BCUT2D eigenvalue weighted by atomic mass is 10.0. The Kier molecular flexibility index (Phi) is 7.67. The molecule has 1 fully saturated rings. The number of hydrogen-bond acceptors (Lipinski definition) is 6. The molecule has 36 heavy (non-hydrogen) atoms. The third-order valence-corrected chi connectivity index (χ3v) is 7.91. The van der Waals surface area contributed by atoms with Crippen LogP contribution in [0.2, 0.25) is 0 Å². The maximum atomic E-state index is 13.4. The first-order valence-corrected chi connectivity index (χ1v) is 13.3. The molecule has 186 valence electrons. The van der Waals surface area contributed by atoms with E-state index in [4.69, 9.17) is 9.84 Å². The normalized spacial score (nSPS) is 16.9. The molecule has 1 aliphatic heterocycles. The van der Waals surface area contributed by atoms with Crippen molar-refractivity contribution < 1.29 is 17.9 Å². The number of aromatic nitrogens is 2. The van der Waals surface area contributed by atoms with E-state index < -0.39 is 16.0 Å². The Labute approximate surface area is 211 Å². The van der Waals surface area contributed by atoms with Gasteiger partial charge in [-0.1, -0.05) is 37.3 Å². The third kappa shape index (κ3) is 5.40. The molecule has 3 aromatic rings. The molecular formula is C27H28N4O4S. The van der Waals surface area contributed by atoms with Gasteiger partial charge in [-0.15, -0.1) is 0 Å². The van der Waals surface area contributed by atoms with Crippen LogP contribution in [0.4, 0.5) is 0 Å². The topological polar surface area (TPSA) is 105 Å². The van der Waals surface area contributed by atoms with Crippen LogP contribution in [0.5, 0.6) is 0 Å². The van der Waals surface area contributed by atoms with Gasteiger partial charge in [-0.05, 0) is 56.0 Å². The summed E-state index contributed by atoms with van der Waals surface area (Å²) in [5.74, 6) is -0.420. The Morgan fingerprint density at radius 2 is 2.00 bits per heavy atom. The summed E-state index contributed by atoms with van der Waals surface area (Å²) in [5.41, 5.74) is 2.10. The van der Waals surface area contributed by atoms with Crippen LogP contribution in [0.25, 0.3) is 23.0 Å². The number of sulfonamides is 1. The molecule has 1 aliphatic rings.